The van der Waals surface area contributed by atoms with Crippen molar-refractivity contribution in [2.45, 2.75) is 52.4 Å². The Balaban J connectivity index is 1.38. The highest BCUT2D eigenvalue weighted by atomic mass is 31.1. The van der Waals surface area contributed by atoms with E-state index in [0.717, 1.165) is 58.8 Å². The summed E-state index contributed by atoms with van der Waals surface area (Å²) in [4.78, 5) is 0. The van der Waals surface area contributed by atoms with Gasteiger partial charge >= 0.3 is 0 Å². The molecule has 0 radical (unpaired) electrons. The molecule has 1 aliphatic heterocycles. The van der Waals surface area contributed by atoms with Crippen LogP contribution in [-0.2, 0) is 18.3 Å². The second kappa shape index (κ2) is 9.42. The predicted molar refractivity (Wildman–Crippen MR) is 131 cm³/mol. The van der Waals surface area contributed by atoms with Crippen LogP contribution in [-0.4, -0.2) is 11.7 Å². The van der Waals surface area contributed by atoms with E-state index in [-0.39, 0.29) is 14.4 Å². The van der Waals surface area contributed by atoms with Gasteiger partial charge in [-0.15, -0.1) is 0 Å². The van der Waals surface area contributed by atoms with Gasteiger partial charge in [0.15, 0.2) is 0 Å². The van der Waals surface area contributed by atoms with Crippen molar-refractivity contribution < 1.29 is 18.9 Å². The van der Waals surface area contributed by atoms with Crippen LogP contribution >= 0.6 is 9.03 Å². The van der Waals surface area contributed by atoms with Gasteiger partial charge in [-0.2, -0.15) is 0 Å². The van der Waals surface area contributed by atoms with Crippen molar-refractivity contribution in [2.75, 3.05) is 6.61 Å². The average molecular weight is 451 g/mol. The molecule has 4 nitrogen and oxygen atoms in total. The molecule has 0 spiro atoms. The average Bonchev–Trinajstić information content (AvgIpc) is 2.73. The molecule has 5 heteroatoms. The predicted octanol–water partition coefficient (Wildman–Crippen LogP) is 6.88. The fourth-order valence-corrected chi connectivity index (χ4v) is 4.58. The smallest absolute Gasteiger partial charge is 0.275 e. The summed E-state index contributed by atoms with van der Waals surface area (Å²) in [6, 6.07) is 18.3. The molecule has 0 amide bonds. The first-order chi connectivity index (χ1) is 15.3. The molecule has 1 heterocycles. The zero-order valence-corrected chi connectivity index (χ0v) is 20.2. The van der Waals surface area contributed by atoms with Gasteiger partial charge in [-0.1, -0.05) is 57.2 Å². The number of phenols is 1. The van der Waals surface area contributed by atoms with Gasteiger partial charge in [0.05, 0.1) is 6.61 Å². The summed E-state index contributed by atoms with van der Waals surface area (Å²) < 4.78 is 17.7. The number of ether oxygens (including phenoxy) is 1. The normalized spacial score (nSPS) is 13.9. The molecule has 0 saturated carbocycles. The number of hydrogen-bond donors (Lipinski definition) is 1. The monoisotopic (exact) mass is 450 g/mol. The van der Waals surface area contributed by atoms with Gasteiger partial charge in [0.25, 0.3) is 9.03 Å². The van der Waals surface area contributed by atoms with Crippen molar-refractivity contribution in [1.29, 1.82) is 0 Å². The van der Waals surface area contributed by atoms with Crippen LogP contribution in [0.3, 0.4) is 0 Å². The zero-order valence-electron chi connectivity index (χ0n) is 19.2. The molecular formula is C27H31O4P. The van der Waals surface area contributed by atoms with Crippen molar-refractivity contribution in [1.82, 2.24) is 0 Å². The zero-order chi connectivity index (χ0) is 22.7. The van der Waals surface area contributed by atoms with Gasteiger partial charge < -0.3 is 18.9 Å². The van der Waals surface area contributed by atoms with E-state index in [1.54, 1.807) is 0 Å². The summed E-state index contributed by atoms with van der Waals surface area (Å²) in [5.74, 6) is 2.92. The number of benzene rings is 3. The molecular weight excluding hydrogens is 419 g/mol. The fourth-order valence-electron chi connectivity index (χ4n) is 3.97. The van der Waals surface area contributed by atoms with Crippen molar-refractivity contribution in [2.24, 2.45) is 0 Å². The largest absolute Gasteiger partial charge is 0.507 e. The van der Waals surface area contributed by atoms with E-state index in [2.05, 4.69) is 45.0 Å². The third-order valence-corrected chi connectivity index (χ3v) is 6.35. The Hall–Kier alpha value is -2.71. The Labute approximate surface area is 192 Å². The van der Waals surface area contributed by atoms with E-state index < -0.39 is 0 Å². The molecule has 0 saturated heterocycles. The standard InChI is InChI=1S/C27H31O4P/c1-18-14-19(15-23(26(18)28)27(2,3)4)8-7-13-29-22-12-11-21-16-20-9-5-6-10-24(20)30-32-31-25(21)17-22/h5-6,9-12,14-15,17,28,32H,7-8,13,16H2,1-4H3. The van der Waals surface area contributed by atoms with Gasteiger partial charge in [0.2, 0.25) is 0 Å². The minimum absolute atomic E-state index is 0.0804. The van der Waals surface area contributed by atoms with E-state index in [9.17, 15) is 5.11 Å². The molecule has 1 aliphatic rings. The Morgan fingerprint density at radius 3 is 2.53 bits per heavy atom. The van der Waals surface area contributed by atoms with Gasteiger partial charge in [0, 0.05) is 12.5 Å². The first-order valence-corrected chi connectivity index (χ1v) is 11.9. The van der Waals surface area contributed by atoms with Crippen molar-refractivity contribution in [3.63, 3.8) is 0 Å². The maximum absolute atomic E-state index is 10.4. The Bertz CT molecular complexity index is 1100. The third kappa shape index (κ3) is 5.19. The van der Waals surface area contributed by atoms with Crippen LogP contribution in [0, 0.1) is 6.92 Å². The molecule has 32 heavy (non-hydrogen) atoms. The summed E-state index contributed by atoms with van der Waals surface area (Å²) in [5.41, 5.74) is 5.36. The highest BCUT2D eigenvalue weighted by Crippen LogP contribution is 2.38. The van der Waals surface area contributed by atoms with E-state index in [1.165, 1.54) is 5.56 Å². The van der Waals surface area contributed by atoms with Crippen LogP contribution < -0.4 is 13.8 Å². The summed E-state index contributed by atoms with van der Waals surface area (Å²) in [6.45, 7) is 8.96. The summed E-state index contributed by atoms with van der Waals surface area (Å²) >= 11 is 0. The summed E-state index contributed by atoms with van der Waals surface area (Å²) in [5, 5.41) is 10.4. The van der Waals surface area contributed by atoms with Crippen LogP contribution in [0.5, 0.6) is 23.0 Å². The summed E-state index contributed by atoms with van der Waals surface area (Å²) in [7, 11) is -0.0804. The number of fused-ring (bicyclic) bond motifs is 2. The van der Waals surface area contributed by atoms with Gasteiger partial charge in [-0.05, 0) is 65.1 Å². The molecule has 3 aromatic carbocycles. The minimum atomic E-state index is -0.0903. The van der Waals surface area contributed by atoms with E-state index >= 15 is 0 Å². The molecule has 1 atom stereocenters. The van der Waals surface area contributed by atoms with Crippen LogP contribution in [0.2, 0.25) is 0 Å². The van der Waals surface area contributed by atoms with Gasteiger partial charge in [0.1, 0.15) is 23.0 Å². The van der Waals surface area contributed by atoms with Crippen LogP contribution in [0.4, 0.5) is 0 Å². The maximum atomic E-state index is 10.4. The van der Waals surface area contributed by atoms with Gasteiger partial charge in [-0.25, -0.2) is 0 Å². The molecule has 0 bridgehead atoms. The lowest BCUT2D eigenvalue weighted by Crippen LogP contribution is -2.12. The molecule has 0 aliphatic carbocycles. The van der Waals surface area contributed by atoms with Crippen molar-refractivity contribution >= 4 is 9.03 Å². The van der Waals surface area contributed by atoms with Crippen LogP contribution in [0.1, 0.15) is 55.0 Å². The molecule has 0 fully saturated rings. The molecule has 0 aromatic heterocycles. The highest BCUT2D eigenvalue weighted by Gasteiger charge is 2.20. The number of aromatic hydroxyl groups is 1. The number of phenolic OH excluding ortho intramolecular Hbond substituents is 1. The minimum Gasteiger partial charge on any atom is -0.507 e. The lowest BCUT2D eigenvalue weighted by molar-refractivity contribution is 0.310. The number of rotatable bonds is 5. The Kier molecular flexibility index (Phi) is 6.62. The molecule has 1 N–H and O–H groups in total. The third-order valence-electron chi connectivity index (χ3n) is 5.74. The van der Waals surface area contributed by atoms with E-state index in [4.69, 9.17) is 13.8 Å². The highest BCUT2D eigenvalue weighted by molar-refractivity contribution is 7.27. The van der Waals surface area contributed by atoms with Crippen LogP contribution in [0.15, 0.2) is 54.6 Å². The Morgan fingerprint density at radius 1 is 0.969 bits per heavy atom. The van der Waals surface area contributed by atoms with Crippen molar-refractivity contribution in [3.05, 3.63) is 82.4 Å². The van der Waals surface area contributed by atoms with E-state index in [0.29, 0.717) is 12.4 Å². The first-order valence-electron chi connectivity index (χ1n) is 11.1. The lowest BCUT2D eigenvalue weighted by Gasteiger charge is -2.22. The Morgan fingerprint density at radius 2 is 1.72 bits per heavy atom. The van der Waals surface area contributed by atoms with Crippen LogP contribution in [0.25, 0.3) is 0 Å². The number of hydrogen-bond acceptors (Lipinski definition) is 4. The van der Waals surface area contributed by atoms with Gasteiger partial charge in [-0.3, -0.25) is 0 Å². The molecule has 3 aromatic rings. The topological polar surface area (TPSA) is 47.9 Å². The molecule has 168 valence electrons. The fraction of sp³-hybridized carbons (Fsp3) is 0.333. The van der Waals surface area contributed by atoms with E-state index in [1.807, 2.05) is 37.3 Å². The maximum Gasteiger partial charge on any atom is 0.275 e. The SMILES string of the molecule is Cc1cc(CCCOc2ccc3c(c2)OPOc2ccccc2C3)cc(C(C)(C)C)c1O. The summed E-state index contributed by atoms with van der Waals surface area (Å²) in [6.07, 6.45) is 2.56. The quantitative estimate of drug-likeness (QED) is 0.340. The molecule has 4 rings (SSSR count). The number of aryl methyl sites for hydroxylation is 2. The lowest BCUT2D eigenvalue weighted by atomic mass is 9.83. The second-order valence-electron chi connectivity index (χ2n) is 9.35. The number of para-hydroxylation sites is 1. The second-order valence-corrected chi connectivity index (χ2v) is 9.93. The molecule has 1 unspecified atom stereocenters. The first kappa shape index (κ1) is 22.5. The van der Waals surface area contributed by atoms with Crippen molar-refractivity contribution in [3.8, 4) is 23.0 Å².